The number of aliphatic hydroxyl groups excluding tert-OH is 1. The van der Waals surface area contributed by atoms with Crippen molar-refractivity contribution >= 4 is 11.6 Å². The molecule has 1 saturated heterocycles. The van der Waals surface area contributed by atoms with Gasteiger partial charge in [0.2, 0.25) is 5.91 Å². The van der Waals surface area contributed by atoms with Crippen molar-refractivity contribution in [1.82, 2.24) is 0 Å². The number of azide groups is 1. The molecule has 1 aliphatic rings. The van der Waals surface area contributed by atoms with Crippen LogP contribution in [0.1, 0.15) is 57.4 Å². The fourth-order valence-corrected chi connectivity index (χ4v) is 3.31. The third-order valence-corrected chi connectivity index (χ3v) is 4.96. The van der Waals surface area contributed by atoms with Crippen molar-refractivity contribution in [2.24, 2.45) is 5.11 Å². The highest BCUT2D eigenvalue weighted by atomic mass is 16.3. The first-order valence-electron chi connectivity index (χ1n) is 9.25. The van der Waals surface area contributed by atoms with Crippen molar-refractivity contribution in [2.75, 3.05) is 18.1 Å². The second-order valence-corrected chi connectivity index (χ2v) is 6.77. The predicted molar refractivity (Wildman–Crippen MR) is 99.5 cm³/mol. The molecule has 1 unspecified atom stereocenters. The molecule has 1 heterocycles. The van der Waals surface area contributed by atoms with Gasteiger partial charge in [-0.1, -0.05) is 56.3 Å². The number of nitrogens with zero attached hydrogens (tertiary/aromatic N) is 4. The summed E-state index contributed by atoms with van der Waals surface area (Å²) in [6.45, 7) is 2.22. The van der Waals surface area contributed by atoms with Crippen molar-refractivity contribution in [3.05, 3.63) is 40.3 Å². The van der Waals surface area contributed by atoms with Gasteiger partial charge in [0.25, 0.3) is 0 Å². The number of rotatable bonds is 10. The average Bonchev–Trinajstić information content (AvgIpc) is 2.96. The van der Waals surface area contributed by atoms with Crippen LogP contribution in [0.15, 0.2) is 29.4 Å². The Kier molecular flexibility index (Phi) is 7.29. The summed E-state index contributed by atoms with van der Waals surface area (Å²) in [4.78, 5) is 16.9. The number of hydrogen-bond donors (Lipinski definition) is 1. The molecule has 1 fully saturated rings. The number of unbranched alkanes of at least 4 members (excludes halogenated alkanes) is 5. The second-order valence-electron chi connectivity index (χ2n) is 6.77. The summed E-state index contributed by atoms with van der Waals surface area (Å²) in [7, 11) is 0. The molecule has 6 heteroatoms. The highest BCUT2D eigenvalue weighted by Gasteiger charge is 2.46. The minimum atomic E-state index is -1.34. The molecule has 6 nitrogen and oxygen atoms in total. The maximum atomic E-state index is 12.5. The van der Waals surface area contributed by atoms with Crippen LogP contribution in [0, 0.1) is 0 Å². The summed E-state index contributed by atoms with van der Waals surface area (Å²) >= 11 is 0. The Morgan fingerprint density at radius 3 is 2.52 bits per heavy atom. The maximum Gasteiger partial charge on any atom is 0.241 e. The summed E-state index contributed by atoms with van der Waals surface area (Å²) in [5.41, 5.74) is 9.38. The van der Waals surface area contributed by atoms with E-state index >= 15 is 0 Å². The van der Waals surface area contributed by atoms with E-state index in [4.69, 9.17) is 5.53 Å². The van der Waals surface area contributed by atoms with Crippen LogP contribution in [0.3, 0.4) is 0 Å². The summed E-state index contributed by atoms with van der Waals surface area (Å²) in [6, 6.07) is 7.99. The molecular weight excluding hydrogens is 316 g/mol. The van der Waals surface area contributed by atoms with Gasteiger partial charge in [-0.2, -0.15) is 0 Å². The lowest BCUT2D eigenvalue weighted by Crippen LogP contribution is -2.41. The summed E-state index contributed by atoms with van der Waals surface area (Å²) in [5, 5.41) is 13.0. The Hall–Kier alpha value is -2.04. The van der Waals surface area contributed by atoms with Crippen molar-refractivity contribution in [1.29, 1.82) is 0 Å². The minimum absolute atomic E-state index is 0.323. The van der Waals surface area contributed by atoms with E-state index in [2.05, 4.69) is 29.1 Å². The second kappa shape index (κ2) is 9.44. The van der Waals surface area contributed by atoms with E-state index in [0.29, 0.717) is 13.0 Å². The zero-order chi connectivity index (χ0) is 18.1. The third-order valence-electron chi connectivity index (χ3n) is 4.96. The van der Waals surface area contributed by atoms with E-state index in [9.17, 15) is 9.90 Å². The molecule has 136 valence electrons. The Balaban J connectivity index is 1.90. The third kappa shape index (κ3) is 4.74. The highest BCUT2D eigenvalue weighted by molar-refractivity contribution is 6.02. The number of carbonyl (C=O) groups excluding carboxylic acids is 1. The quantitative estimate of drug-likeness (QED) is 0.295. The molecule has 0 radical (unpaired) electrons. The summed E-state index contributed by atoms with van der Waals surface area (Å²) in [6.07, 6.45) is 9.07. The largest absolute Gasteiger partial charge is 0.395 e. The van der Waals surface area contributed by atoms with Crippen molar-refractivity contribution in [3.8, 4) is 0 Å². The van der Waals surface area contributed by atoms with Crippen molar-refractivity contribution in [3.63, 3.8) is 0 Å². The van der Waals surface area contributed by atoms with Gasteiger partial charge < -0.3 is 10.0 Å². The van der Waals surface area contributed by atoms with Crippen LogP contribution >= 0.6 is 0 Å². The van der Waals surface area contributed by atoms with Crippen molar-refractivity contribution < 1.29 is 9.90 Å². The van der Waals surface area contributed by atoms with Gasteiger partial charge in [0, 0.05) is 17.1 Å². The molecule has 1 aliphatic heterocycles. The van der Waals surface area contributed by atoms with Gasteiger partial charge in [-0.15, -0.1) is 0 Å². The minimum Gasteiger partial charge on any atom is -0.395 e. The van der Waals surface area contributed by atoms with E-state index < -0.39 is 12.1 Å². The van der Waals surface area contributed by atoms with E-state index in [1.54, 1.807) is 4.90 Å². The number of anilines is 1. The highest BCUT2D eigenvalue weighted by Crippen LogP contribution is 2.31. The molecule has 1 N–H and O–H groups in total. The Bertz CT molecular complexity index is 610. The lowest BCUT2D eigenvalue weighted by Gasteiger charge is -2.21. The van der Waals surface area contributed by atoms with E-state index in [1.807, 2.05) is 12.1 Å². The number of carbonyl (C=O) groups is 1. The van der Waals surface area contributed by atoms with Gasteiger partial charge in [0.1, 0.15) is 0 Å². The Labute approximate surface area is 149 Å². The monoisotopic (exact) mass is 344 g/mol. The molecule has 0 saturated carbocycles. The average molecular weight is 344 g/mol. The molecule has 1 atom stereocenters. The molecule has 0 aromatic heterocycles. The summed E-state index contributed by atoms with van der Waals surface area (Å²) < 4.78 is 0. The van der Waals surface area contributed by atoms with Crippen LogP contribution in [0.4, 0.5) is 5.69 Å². The van der Waals surface area contributed by atoms with Crippen LogP contribution in [-0.4, -0.2) is 29.7 Å². The molecule has 2 rings (SSSR count). The van der Waals surface area contributed by atoms with Gasteiger partial charge in [-0.05, 0) is 42.5 Å². The van der Waals surface area contributed by atoms with Crippen LogP contribution in [0.2, 0.25) is 0 Å². The molecule has 1 aromatic rings. The number of aryl methyl sites for hydroxylation is 1. The number of benzene rings is 1. The van der Waals surface area contributed by atoms with Crippen LogP contribution < -0.4 is 4.90 Å². The number of aliphatic hydroxyl groups is 1. The first-order chi connectivity index (χ1) is 12.2. The number of hydrogen-bond acceptors (Lipinski definition) is 3. The van der Waals surface area contributed by atoms with E-state index in [0.717, 1.165) is 12.1 Å². The van der Waals surface area contributed by atoms with Gasteiger partial charge >= 0.3 is 0 Å². The molecule has 1 amide bonds. The standard InChI is InChI=1S/C19H28N4O2/c1-2-3-4-5-6-7-8-16-9-11-17(12-10-16)23-14-13-19(15-24,18(23)25)21-22-20/h9-12,24H,2-8,13-15H2,1H3. The van der Waals surface area contributed by atoms with Gasteiger partial charge in [0.15, 0.2) is 5.54 Å². The van der Waals surface area contributed by atoms with Crippen LogP contribution in [0.5, 0.6) is 0 Å². The van der Waals surface area contributed by atoms with Crippen LogP contribution in [0.25, 0.3) is 10.4 Å². The summed E-state index contributed by atoms with van der Waals surface area (Å²) in [5.74, 6) is -0.323. The predicted octanol–water partition coefficient (Wildman–Crippen LogP) is 4.37. The fourth-order valence-electron chi connectivity index (χ4n) is 3.31. The van der Waals surface area contributed by atoms with Gasteiger partial charge in [-0.25, -0.2) is 0 Å². The molecule has 0 spiro atoms. The van der Waals surface area contributed by atoms with Crippen LogP contribution in [-0.2, 0) is 11.2 Å². The molecular formula is C19H28N4O2. The lowest BCUT2D eigenvalue weighted by molar-refractivity contribution is -0.122. The van der Waals surface area contributed by atoms with E-state index in [1.165, 1.54) is 44.1 Å². The van der Waals surface area contributed by atoms with E-state index in [-0.39, 0.29) is 5.91 Å². The van der Waals surface area contributed by atoms with Crippen molar-refractivity contribution in [2.45, 2.75) is 63.8 Å². The molecule has 25 heavy (non-hydrogen) atoms. The topological polar surface area (TPSA) is 89.3 Å². The number of amides is 1. The zero-order valence-corrected chi connectivity index (χ0v) is 15.0. The molecule has 0 bridgehead atoms. The lowest BCUT2D eigenvalue weighted by atomic mass is 10.0. The fraction of sp³-hybridized carbons (Fsp3) is 0.632. The SMILES string of the molecule is CCCCCCCCc1ccc(N2CCC(CO)(N=[N+]=[N-])C2=O)cc1. The van der Waals surface area contributed by atoms with Gasteiger partial charge in [-0.3, -0.25) is 4.79 Å². The maximum absolute atomic E-state index is 12.5. The zero-order valence-electron chi connectivity index (χ0n) is 15.0. The Morgan fingerprint density at radius 1 is 1.20 bits per heavy atom. The molecule has 0 aliphatic carbocycles. The normalized spacial score (nSPS) is 19.9. The first kappa shape index (κ1) is 19.3. The molecule has 1 aromatic carbocycles. The Morgan fingerprint density at radius 2 is 1.88 bits per heavy atom. The van der Waals surface area contributed by atoms with Gasteiger partial charge in [0.05, 0.1) is 6.61 Å². The smallest absolute Gasteiger partial charge is 0.241 e. The first-order valence-corrected chi connectivity index (χ1v) is 9.25.